The zero-order chi connectivity index (χ0) is 20.3. The molecular formula is C18H17ClN4O4S. The van der Waals surface area contributed by atoms with Gasteiger partial charge < -0.3 is 4.90 Å². The van der Waals surface area contributed by atoms with Crippen LogP contribution in [0.3, 0.4) is 0 Å². The standard InChI is InChI=1S/C18H17ClN4O4S/c19-16-2-1-3-17(23(24)25)18(16)28(26,27)21-14-8-10-22(11-9-14)15-6-4-13(12-20)5-7-15/h1-7,14,21H,8-11H2. The van der Waals surface area contributed by atoms with Crippen LogP contribution in [0.4, 0.5) is 11.4 Å². The van der Waals surface area contributed by atoms with Crippen molar-refractivity contribution in [2.45, 2.75) is 23.8 Å². The van der Waals surface area contributed by atoms with Crippen molar-refractivity contribution < 1.29 is 13.3 Å². The van der Waals surface area contributed by atoms with Crippen molar-refractivity contribution in [3.8, 4) is 6.07 Å². The summed E-state index contributed by atoms with van der Waals surface area (Å²) in [5, 5.41) is 19.9. The number of nitro benzene ring substituents is 1. The maximum absolute atomic E-state index is 12.7. The van der Waals surface area contributed by atoms with Crippen molar-refractivity contribution in [2.75, 3.05) is 18.0 Å². The van der Waals surface area contributed by atoms with Gasteiger partial charge in [-0.25, -0.2) is 13.1 Å². The first-order valence-corrected chi connectivity index (χ1v) is 10.4. The molecule has 0 aromatic heterocycles. The molecule has 1 fully saturated rings. The summed E-state index contributed by atoms with van der Waals surface area (Å²) in [5.74, 6) is 0. The summed E-state index contributed by atoms with van der Waals surface area (Å²) in [5.41, 5.74) is 0.991. The minimum absolute atomic E-state index is 0.184. The number of rotatable bonds is 5. The van der Waals surface area contributed by atoms with Crippen LogP contribution in [0.5, 0.6) is 0 Å². The summed E-state index contributed by atoms with van der Waals surface area (Å²) in [7, 11) is -4.14. The van der Waals surface area contributed by atoms with Gasteiger partial charge in [-0.1, -0.05) is 17.7 Å². The van der Waals surface area contributed by atoms with E-state index in [4.69, 9.17) is 16.9 Å². The number of sulfonamides is 1. The van der Waals surface area contributed by atoms with Crippen LogP contribution in [0.1, 0.15) is 18.4 Å². The molecule has 2 aromatic carbocycles. The highest BCUT2D eigenvalue weighted by molar-refractivity contribution is 7.89. The van der Waals surface area contributed by atoms with E-state index in [0.717, 1.165) is 11.8 Å². The molecule has 0 spiro atoms. The average Bonchev–Trinajstić information content (AvgIpc) is 2.68. The van der Waals surface area contributed by atoms with Gasteiger partial charge in [0.2, 0.25) is 10.0 Å². The molecule has 3 rings (SSSR count). The summed E-state index contributed by atoms with van der Waals surface area (Å²) in [6.45, 7) is 1.23. The van der Waals surface area contributed by atoms with E-state index in [-0.39, 0.29) is 11.1 Å². The summed E-state index contributed by atoms with van der Waals surface area (Å²) in [4.78, 5) is 12.0. The van der Waals surface area contributed by atoms with Gasteiger partial charge in [0.15, 0.2) is 4.90 Å². The van der Waals surface area contributed by atoms with Crippen molar-refractivity contribution in [1.29, 1.82) is 5.26 Å². The second-order valence-electron chi connectivity index (χ2n) is 6.39. The molecule has 1 N–H and O–H groups in total. The molecule has 2 aromatic rings. The fourth-order valence-electron chi connectivity index (χ4n) is 3.19. The molecule has 1 saturated heterocycles. The van der Waals surface area contributed by atoms with Gasteiger partial charge in [-0.3, -0.25) is 10.1 Å². The zero-order valence-electron chi connectivity index (χ0n) is 14.7. The molecule has 0 saturated carbocycles. The molecule has 1 heterocycles. The van der Waals surface area contributed by atoms with E-state index in [1.54, 1.807) is 12.1 Å². The average molecular weight is 421 g/mol. The topological polar surface area (TPSA) is 116 Å². The lowest BCUT2D eigenvalue weighted by Crippen LogP contribution is -2.44. The third-order valence-electron chi connectivity index (χ3n) is 4.59. The van der Waals surface area contributed by atoms with Crippen LogP contribution in [0.15, 0.2) is 47.4 Å². The Morgan fingerprint density at radius 1 is 1.18 bits per heavy atom. The molecule has 1 aliphatic heterocycles. The van der Waals surface area contributed by atoms with E-state index in [2.05, 4.69) is 15.7 Å². The Morgan fingerprint density at radius 2 is 1.82 bits per heavy atom. The third kappa shape index (κ3) is 4.25. The number of nitrogens with one attached hydrogen (secondary N) is 1. The van der Waals surface area contributed by atoms with Crippen LogP contribution in [-0.2, 0) is 10.0 Å². The second-order valence-corrected chi connectivity index (χ2v) is 8.44. The maximum atomic E-state index is 12.7. The highest BCUT2D eigenvalue weighted by Crippen LogP contribution is 2.31. The Balaban J connectivity index is 1.71. The molecule has 0 atom stereocenters. The number of nitro groups is 1. The van der Waals surface area contributed by atoms with Crippen molar-refractivity contribution in [3.05, 3.63) is 63.2 Å². The smallest absolute Gasteiger partial charge is 0.290 e. The summed E-state index contributed by atoms with van der Waals surface area (Å²) in [6.07, 6.45) is 1.08. The molecule has 0 unspecified atom stereocenters. The lowest BCUT2D eigenvalue weighted by molar-refractivity contribution is -0.387. The van der Waals surface area contributed by atoms with Gasteiger partial charge in [-0.15, -0.1) is 0 Å². The van der Waals surface area contributed by atoms with Gasteiger partial charge in [-0.05, 0) is 43.2 Å². The SMILES string of the molecule is N#Cc1ccc(N2CCC(NS(=O)(=O)c3c(Cl)cccc3[N+](=O)[O-])CC2)cc1. The summed E-state index contributed by atoms with van der Waals surface area (Å²) >= 11 is 5.95. The van der Waals surface area contributed by atoms with Crippen LogP contribution in [0.2, 0.25) is 5.02 Å². The monoisotopic (exact) mass is 420 g/mol. The number of halogens is 1. The molecule has 0 aliphatic carbocycles. The van der Waals surface area contributed by atoms with Gasteiger partial charge in [0.1, 0.15) is 0 Å². The predicted molar refractivity (Wildman–Crippen MR) is 105 cm³/mol. The van der Waals surface area contributed by atoms with Crippen LogP contribution in [0.25, 0.3) is 0 Å². The summed E-state index contributed by atoms with van der Waals surface area (Å²) < 4.78 is 28.0. The van der Waals surface area contributed by atoms with Crippen molar-refractivity contribution >= 4 is 33.0 Å². The Kier molecular flexibility index (Phi) is 5.84. The van der Waals surface area contributed by atoms with E-state index in [9.17, 15) is 18.5 Å². The Bertz CT molecular complexity index is 1030. The van der Waals surface area contributed by atoms with Crippen LogP contribution >= 0.6 is 11.6 Å². The Labute approximate surface area is 167 Å². The molecule has 1 aliphatic rings. The van der Waals surface area contributed by atoms with Crippen LogP contribution in [-0.4, -0.2) is 32.5 Å². The van der Waals surface area contributed by atoms with Gasteiger partial charge in [-0.2, -0.15) is 5.26 Å². The number of nitrogens with zero attached hydrogens (tertiary/aromatic N) is 3. The quantitative estimate of drug-likeness (QED) is 0.586. The van der Waals surface area contributed by atoms with Crippen molar-refractivity contribution in [2.24, 2.45) is 0 Å². The van der Waals surface area contributed by atoms with E-state index < -0.39 is 25.5 Å². The first-order valence-electron chi connectivity index (χ1n) is 8.52. The molecule has 0 radical (unpaired) electrons. The molecular weight excluding hydrogens is 404 g/mol. The van der Waals surface area contributed by atoms with Gasteiger partial charge in [0, 0.05) is 30.9 Å². The van der Waals surface area contributed by atoms with E-state index in [0.29, 0.717) is 31.5 Å². The fourth-order valence-corrected chi connectivity index (χ4v) is 5.20. The zero-order valence-corrected chi connectivity index (χ0v) is 16.3. The number of piperidine rings is 1. The molecule has 146 valence electrons. The minimum atomic E-state index is -4.14. The molecule has 10 heteroatoms. The molecule has 0 amide bonds. The highest BCUT2D eigenvalue weighted by Gasteiger charge is 2.32. The number of benzene rings is 2. The Morgan fingerprint density at radius 3 is 2.39 bits per heavy atom. The van der Waals surface area contributed by atoms with Crippen LogP contribution < -0.4 is 9.62 Å². The van der Waals surface area contributed by atoms with Gasteiger partial charge >= 0.3 is 0 Å². The number of hydrogen-bond donors (Lipinski definition) is 1. The highest BCUT2D eigenvalue weighted by atomic mass is 35.5. The predicted octanol–water partition coefficient (Wildman–Crippen LogP) is 3.07. The lowest BCUT2D eigenvalue weighted by atomic mass is 10.1. The number of nitriles is 1. The summed E-state index contributed by atoms with van der Waals surface area (Å²) in [6, 6.07) is 12.7. The molecule has 8 nitrogen and oxygen atoms in total. The number of anilines is 1. The third-order valence-corrected chi connectivity index (χ3v) is 6.63. The second kappa shape index (κ2) is 8.14. The normalized spacial score (nSPS) is 15.2. The maximum Gasteiger partial charge on any atom is 0.290 e. The van der Waals surface area contributed by atoms with E-state index in [1.165, 1.54) is 12.1 Å². The van der Waals surface area contributed by atoms with Crippen molar-refractivity contribution in [3.63, 3.8) is 0 Å². The van der Waals surface area contributed by atoms with E-state index >= 15 is 0 Å². The van der Waals surface area contributed by atoms with Crippen molar-refractivity contribution in [1.82, 2.24) is 4.72 Å². The molecule has 28 heavy (non-hydrogen) atoms. The van der Waals surface area contributed by atoms with Gasteiger partial charge in [0.05, 0.1) is 21.6 Å². The fraction of sp³-hybridized carbons (Fsp3) is 0.278. The largest absolute Gasteiger partial charge is 0.371 e. The van der Waals surface area contributed by atoms with E-state index in [1.807, 2.05) is 12.1 Å². The Hall–Kier alpha value is -2.67. The first kappa shape index (κ1) is 20.1. The number of hydrogen-bond acceptors (Lipinski definition) is 6. The van der Waals surface area contributed by atoms with Gasteiger partial charge in [0.25, 0.3) is 5.69 Å². The first-order chi connectivity index (χ1) is 13.3. The lowest BCUT2D eigenvalue weighted by Gasteiger charge is -2.33. The minimum Gasteiger partial charge on any atom is -0.371 e. The molecule has 0 bridgehead atoms. The van der Waals surface area contributed by atoms with Crippen LogP contribution in [0, 0.1) is 21.4 Å².